The molecule has 1 aromatic heterocycles. The Labute approximate surface area is 204 Å². The molecule has 0 bridgehead atoms. The standard InChI is InChI=1S/C23H19F3N4O5S/c1-30-20(31)23(29-22(30)27,14-3-6-16(7-4-14)34-21(25)26)15-5-8-19(24)18(10-15)13-9-17(12-28-11-13)35-36(2,32)33/h3-12,21H,1-2H3,(H2,27,29). The van der Waals surface area contributed by atoms with Crippen LogP contribution in [0.1, 0.15) is 11.1 Å². The van der Waals surface area contributed by atoms with Gasteiger partial charge in [-0.1, -0.05) is 18.2 Å². The number of aliphatic imine (C=N–C) groups is 1. The molecule has 1 aliphatic rings. The first kappa shape index (κ1) is 25.0. The average Bonchev–Trinajstić information content (AvgIpc) is 3.03. The number of nitrogens with two attached hydrogens (primary N) is 1. The fourth-order valence-electron chi connectivity index (χ4n) is 3.82. The van der Waals surface area contributed by atoms with E-state index in [-0.39, 0.29) is 39.7 Å². The van der Waals surface area contributed by atoms with Gasteiger partial charge in [-0.2, -0.15) is 17.2 Å². The summed E-state index contributed by atoms with van der Waals surface area (Å²) in [6.45, 7) is -3.03. The normalized spacial score (nSPS) is 17.9. The zero-order valence-corrected chi connectivity index (χ0v) is 19.7. The lowest BCUT2D eigenvalue weighted by molar-refractivity contribution is -0.129. The average molecular weight is 520 g/mol. The van der Waals surface area contributed by atoms with Crippen molar-refractivity contribution in [3.8, 4) is 22.6 Å². The van der Waals surface area contributed by atoms with E-state index in [1.807, 2.05) is 0 Å². The fraction of sp³-hybridized carbons (Fsp3) is 0.174. The Morgan fingerprint density at radius 2 is 1.69 bits per heavy atom. The van der Waals surface area contributed by atoms with Crippen LogP contribution < -0.4 is 14.7 Å². The molecule has 3 aromatic rings. The summed E-state index contributed by atoms with van der Waals surface area (Å²) < 4.78 is 72.3. The number of benzene rings is 2. The third-order valence-electron chi connectivity index (χ3n) is 5.39. The first-order valence-electron chi connectivity index (χ1n) is 10.2. The van der Waals surface area contributed by atoms with Crippen molar-refractivity contribution in [2.75, 3.05) is 13.3 Å². The molecule has 1 atom stereocenters. The largest absolute Gasteiger partial charge is 0.435 e. The third kappa shape index (κ3) is 4.69. The van der Waals surface area contributed by atoms with Gasteiger partial charge in [0.05, 0.1) is 12.5 Å². The Kier molecular flexibility index (Phi) is 6.35. The van der Waals surface area contributed by atoms with Crippen molar-refractivity contribution in [2.24, 2.45) is 10.7 Å². The highest BCUT2D eigenvalue weighted by Crippen LogP contribution is 2.41. The molecular formula is C23H19F3N4O5S. The molecule has 1 unspecified atom stereocenters. The Morgan fingerprint density at radius 3 is 2.28 bits per heavy atom. The minimum Gasteiger partial charge on any atom is -0.435 e. The van der Waals surface area contributed by atoms with E-state index in [1.54, 1.807) is 0 Å². The van der Waals surface area contributed by atoms with E-state index < -0.39 is 34.0 Å². The molecule has 36 heavy (non-hydrogen) atoms. The summed E-state index contributed by atoms with van der Waals surface area (Å²) in [6.07, 6.45) is 3.30. The number of guanidine groups is 1. The van der Waals surface area contributed by atoms with Gasteiger partial charge in [-0.15, -0.1) is 0 Å². The number of alkyl halides is 2. The van der Waals surface area contributed by atoms with Gasteiger partial charge in [-0.3, -0.25) is 14.7 Å². The van der Waals surface area contributed by atoms with Crippen LogP contribution in [0.15, 0.2) is 65.9 Å². The van der Waals surface area contributed by atoms with E-state index in [0.29, 0.717) is 0 Å². The lowest BCUT2D eigenvalue weighted by Gasteiger charge is -2.27. The van der Waals surface area contributed by atoms with Gasteiger partial charge in [-0.05, 0) is 41.5 Å². The molecule has 188 valence electrons. The number of rotatable bonds is 7. The number of ether oxygens (including phenoxy) is 1. The number of pyridine rings is 1. The molecule has 4 rings (SSSR count). The highest BCUT2D eigenvalue weighted by Gasteiger charge is 2.49. The quantitative estimate of drug-likeness (QED) is 0.475. The Balaban J connectivity index is 1.86. The SMILES string of the molecule is CN1C(=O)C(c2ccc(OC(F)F)cc2)(c2ccc(F)c(-c3cncc(OS(C)(=O)=O)c3)c2)N=C1N. The molecule has 2 aromatic carbocycles. The van der Waals surface area contributed by atoms with Gasteiger partial charge in [0, 0.05) is 24.4 Å². The number of carbonyl (C=O) groups excluding carboxylic acids is 1. The maximum atomic E-state index is 14.9. The second-order valence-electron chi connectivity index (χ2n) is 7.84. The molecule has 0 saturated heterocycles. The zero-order valence-electron chi connectivity index (χ0n) is 18.9. The smallest absolute Gasteiger partial charge is 0.387 e. The predicted molar refractivity (Wildman–Crippen MR) is 123 cm³/mol. The molecule has 0 radical (unpaired) electrons. The Bertz CT molecular complexity index is 1460. The van der Waals surface area contributed by atoms with Gasteiger partial charge in [-0.25, -0.2) is 9.38 Å². The lowest BCUT2D eigenvalue weighted by Crippen LogP contribution is -2.41. The van der Waals surface area contributed by atoms with Crippen LogP contribution in [-0.4, -0.2) is 50.1 Å². The van der Waals surface area contributed by atoms with Gasteiger partial charge in [0.1, 0.15) is 11.6 Å². The zero-order chi connectivity index (χ0) is 26.3. The Morgan fingerprint density at radius 1 is 1.03 bits per heavy atom. The summed E-state index contributed by atoms with van der Waals surface area (Å²) in [5.41, 5.74) is 4.83. The van der Waals surface area contributed by atoms with E-state index in [4.69, 9.17) is 9.92 Å². The number of amides is 1. The summed E-state index contributed by atoms with van der Waals surface area (Å²) >= 11 is 0. The van der Waals surface area contributed by atoms with E-state index in [2.05, 4.69) is 14.7 Å². The van der Waals surface area contributed by atoms with Gasteiger partial charge in [0.2, 0.25) is 0 Å². The Hall–Kier alpha value is -4.13. The summed E-state index contributed by atoms with van der Waals surface area (Å²) in [4.78, 5) is 22.8. The second-order valence-corrected chi connectivity index (χ2v) is 9.41. The maximum Gasteiger partial charge on any atom is 0.387 e. The van der Waals surface area contributed by atoms with Crippen LogP contribution in [0.3, 0.4) is 0 Å². The van der Waals surface area contributed by atoms with Crippen LogP contribution >= 0.6 is 0 Å². The summed E-state index contributed by atoms with van der Waals surface area (Å²) in [5.74, 6) is -1.63. The molecule has 2 heterocycles. The van der Waals surface area contributed by atoms with Crippen molar-refractivity contribution in [2.45, 2.75) is 12.2 Å². The minimum absolute atomic E-state index is 0.0212. The van der Waals surface area contributed by atoms with E-state index in [9.17, 15) is 26.4 Å². The van der Waals surface area contributed by atoms with Crippen LogP contribution in [0.5, 0.6) is 11.5 Å². The number of halogens is 3. The molecule has 0 fully saturated rings. The number of carbonyl (C=O) groups is 1. The van der Waals surface area contributed by atoms with Gasteiger partial charge < -0.3 is 14.7 Å². The van der Waals surface area contributed by atoms with Crippen molar-refractivity contribution in [1.29, 1.82) is 0 Å². The topological polar surface area (TPSA) is 124 Å². The number of hydrogen-bond donors (Lipinski definition) is 1. The van der Waals surface area contributed by atoms with Crippen LogP contribution in [0.2, 0.25) is 0 Å². The van der Waals surface area contributed by atoms with Crippen LogP contribution in [-0.2, 0) is 20.5 Å². The molecule has 9 nitrogen and oxygen atoms in total. The highest BCUT2D eigenvalue weighted by atomic mass is 32.2. The van der Waals surface area contributed by atoms with Crippen molar-refractivity contribution in [1.82, 2.24) is 9.88 Å². The van der Waals surface area contributed by atoms with Gasteiger partial charge >= 0.3 is 16.7 Å². The number of hydrogen-bond acceptors (Lipinski definition) is 8. The molecular weight excluding hydrogens is 501 g/mol. The van der Waals surface area contributed by atoms with E-state index in [1.165, 1.54) is 55.7 Å². The molecule has 0 saturated carbocycles. The lowest BCUT2D eigenvalue weighted by atomic mass is 9.81. The molecule has 2 N–H and O–H groups in total. The minimum atomic E-state index is -3.86. The summed E-state index contributed by atoms with van der Waals surface area (Å²) in [5, 5.41) is 0. The summed E-state index contributed by atoms with van der Waals surface area (Å²) in [6, 6.07) is 10.4. The fourth-order valence-corrected chi connectivity index (χ4v) is 4.26. The predicted octanol–water partition coefficient (Wildman–Crippen LogP) is 2.86. The molecule has 0 aliphatic carbocycles. The second kappa shape index (κ2) is 9.15. The third-order valence-corrected chi connectivity index (χ3v) is 5.89. The van der Waals surface area contributed by atoms with Crippen molar-refractivity contribution < 1.29 is 35.3 Å². The van der Waals surface area contributed by atoms with E-state index in [0.717, 1.165) is 23.4 Å². The van der Waals surface area contributed by atoms with Crippen molar-refractivity contribution in [3.05, 3.63) is 77.9 Å². The van der Waals surface area contributed by atoms with E-state index >= 15 is 0 Å². The molecule has 13 heteroatoms. The molecule has 0 spiro atoms. The molecule has 1 amide bonds. The van der Waals surface area contributed by atoms with Gasteiger partial charge in [0.25, 0.3) is 5.91 Å². The number of nitrogens with zero attached hydrogens (tertiary/aromatic N) is 3. The van der Waals surface area contributed by atoms with Crippen molar-refractivity contribution in [3.63, 3.8) is 0 Å². The van der Waals surface area contributed by atoms with Crippen molar-refractivity contribution >= 4 is 22.0 Å². The van der Waals surface area contributed by atoms with Crippen LogP contribution in [0, 0.1) is 5.82 Å². The molecule has 1 aliphatic heterocycles. The maximum absolute atomic E-state index is 14.9. The first-order chi connectivity index (χ1) is 16.9. The van der Waals surface area contributed by atoms with Gasteiger partial charge in [0.15, 0.2) is 17.2 Å². The monoisotopic (exact) mass is 520 g/mol. The highest BCUT2D eigenvalue weighted by molar-refractivity contribution is 7.86. The summed E-state index contributed by atoms with van der Waals surface area (Å²) in [7, 11) is -2.44. The van der Waals surface area contributed by atoms with Crippen LogP contribution in [0.25, 0.3) is 11.1 Å². The van der Waals surface area contributed by atoms with Crippen LogP contribution in [0.4, 0.5) is 13.2 Å². The first-order valence-corrected chi connectivity index (χ1v) is 12.1. The number of aromatic nitrogens is 1. The number of likely N-dealkylation sites (N-methyl/N-ethyl adjacent to an activating group) is 1.